The third-order valence-electron chi connectivity index (χ3n) is 5.08. The second-order valence-electron chi connectivity index (χ2n) is 7.84. The molecule has 0 radical (unpaired) electrons. The van der Waals surface area contributed by atoms with Gasteiger partial charge in [0.15, 0.2) is 0 Å². The fourth-order valence-corrected chi connectivity index (χ4v) is 3.36. The van der Waals surface area contributed by atoms with Gasteiger partial charge in [-0.2, -0.15) is 5.01 Å². The molecule has 11 heteroatoms. The summed E-state index contributed by atoms with van der Waals surface area (Å²) in [6.07, 6.45) is 0. The van der Waals surface area contributed by atoms with Crippen molar-refractivity contribution in [3.8, 4) is 5.75 Å². The molecule has 3 N–H and O–H groups in total. The molecule has 0 saturated carbocycles. The molecule has 2 aromatic rings. The fourth-order valence-electron chi connectivity index (χ4n) is 3.36. The maximum Gasteiger partial charge on any atom is 0.344 e. The van der Waals surface area contributed by atoms with Crippen molar-refractivity contribution in [1.82, 2.24) is 25.6 Å². The van der Waals surface area contributed by atoms with Gasteiger partial charge in [0, 0.05) is 5.69 Å². The highest BCUT2D eigenvalue weighted by atomic mass is 16.5. The van der Waals surface area contributed by atoms with E-state index in [-0.39, 0.29) is 19.0 Å². The quantitative estimate of drug-likeness (QED) is 0.502. The highest BCUT2D eigenvalue weighted by Crippen LogP contribution is 2.29. The number of hydrogen-bond acceptors (Lipinski definition) is 7. The Hall–Kier alpha value is -3.99. The number of hydrogen-bond donors (Lipinski definition) is 3. The molecule has 0 spiro atoms. The Morgan fingerprint density at radius 1 is 1.12 bits per heavy atom. The topological polar surface area (TPSA) is 133 Å². The number of aryl methyl sites for hydroxylation is 1. The highest BCUT2D eigenvalue weighted by molar-refractivity contribution is 6.08. The SMILES string of the molecule is COc1ccc(C2(C)NC(=O)N(NC(=O)CN(C)CC(=O)Nc3cccc(C)n3)C2=O)cc1. The normalized spacial score (nSPS) is 17.7. The summed E-state index contributed by atoms with van der Waals surface area (Å²) in [6, 6.07) is 11.2. The lowest BCUT2D eigenvalue weighted by molar-refractivity contribution is -0.139. The smallest absolute Gasteiger partial charge is 0.344 e. The molecule has 1 unspecified atom stereocenters. The van der Waals surface area contributed by atoms with E-state index in [1.54, 1.807) is 50.4 Å². The van der Waals surface area contributed by atoms with Crippen LogP contribution in [0.3, 0.4) is 0 Å². The molecule has 1 atom stereocenters. The zero-order chi connectivity index (χ0) is 24.2. The fraction of sp³-hybridized carbons (Fsp3) is 0.318. The van der Waals surface area contributed by atoms with Gasteiger partial charge in [-0.15, -0.1) is 0 Å². The van der Waals surface area contributed by atoms with Crippen LogP contribution in [-0.4, -0.2) is 65.9 Å². The van der Waals surface area contributed by atoms with Gasteiger partial charge in [0.05, 0.1) is 20.2 Å². The number of methoxy groups -OCH3 is 1. The van der Waals surface area contributed by atoms with E-state index in [9.17, 15) is 19.2 Å². The Morgan fingerprint density at radius 3 is 2.42 bits per heavy atom. The van der Waals surface area contributed by atoms with Crippen molar-refractivity contribution in [3.05, 3.63) is 53.7 Å². The van der Waals surface area contributed by atoms with Gasteiger partial charge < -0.3 is 15.4 Å². The molecule has 1 saturated heterocycles. The van der Waals surface area contributed by atoms with E-state index >= 15 is 0 Å². The zero-order valence-corrected chi connectivity index (χ0v) is 18.8. The summed E-state index contributed by atoms with van der Waals surface area (Å²) in [5.41, 5.74) is 2.26. The maximum atomic E-state index is 12.9. The second-order valence-corrected chi connectivity index (χ2v) is 7.84. The molecular formula is C22H26N6O5. The van der Waals surface area contributed by atoms with Crippen LogP contribution >= 0.6 is 0 Å². The molecule has 3 rings (SSSR count). The standard InChI is InChI=1S/C22H26N6O5/c1-14-6-5-7-17(23-14)24-18(29)12-27(3)13-19(30)26-28-20(31)22(2,25-21(28)32)15-8-10-16(33-4)11-9-15/h5-11H,12-13H2,1-4H3,(H,25,32)(H,26,30)(H,23,24,29). The summed E-state index contributed by atoms with van der Waals surface area (Å²) in [4.78, 5) is 55.6. The van der Waals surface area contributed by atoms with Crippen LogP contribution < -0.4 is 20.8 Å². The van der Waals surface area contributed by atoms with E-state index in [1.165, 1.54) is 12.0 Å². The van der Waals surface area contributed by atoms with Crippen LogP contribution in [0.1, 0.15) is 18.2 Å². The van der Waals surface area contributed by atoms with E-state index in [0.717, 1.165) is 5.69 Å². The molecule has 1 aromatic carbocycles. The van der Waals surface area contributed by atoms with Crippen molar-refractivity contribution >= 4 is 29.6 Å². The molecule has 1 aliphatic rings. The van der Waals surface area contributed by atoms with Gasteiger partial charge in [0.25, 0.3) is 11.8 Å². The second kappa shape index (κ2) is 9.65. The minimum Gasteiger partial charge on any atom is -0.497 e. The van der Waals surface area contributed by atoms with Crippen LogP contribution in [-0.2, 0) is 19.9 Å². The van der Waals surface area contributed by atoms with Crippen LogP contribution in [0.15, 0.2) is 42.5 Å². The maximum absolute atomic E-state index is 12.9. The van der Waals surface area contributed by atoms with Gasteiger partial charge in [-0.3, -0.25) is 24.7 Å². The number of carbonyl (C=O) groups is 4. The van der Waals surface area contributed by atoms with E-state index in [2.05, 4.69) is 21.0 Å². The van der Waals surface area contributed by atoms with Crippen molar-refractivity contribution in [2.24, 2.45) is 0 Å². The van der Waals surface area contributed by atoms with Crippen LogP contribution in [0.5, 0.6) is 5.75 Å². The van der Waals surface area contributed by atoms with Gasteiger partial charge in [-0.05, 0) is 50.7 Å². The van der Waals surface area contributed by atoms with Gasteiger partial charge >= 0.3 is 6.03 Å². The Morgan fingerprint density at radius 2 is 1.79 bits per heavy atom. The lowest BCUT2D eigenvalue weighted by Crippen LogP contribution is -2.50. The number of aromatic nitrogens is 1. The number of hydrazine groups is 1. The van der Waals surface area contributed by atoms with Gasteiger partial charge in [-0.1, -0.05) is 18.2 Å². The minimum atomic E-state index is -1.34. The Kier molecular flexibility index (Phi) is 6.92. The molecule has 0 bridgehead atoms. The molecule has 1 aromatic heterocycles. The summed E-state index contributed by atoms with van der Waals surface area (Å²) in [5.74, 6) is -0.589. The predicted octanol–water partition coefficient (Wildman–Crippen LogP) is 0.767. The Labute approximate surface area is 191 Å². The van der Waals surface area contributed by atoms with Crippen molar-refractivity contribution in [2.75, 3.05) is 32.6 Å². The highest BCUT2D eigenvalue weighted by Gasteiger charge is 2.50. The summed E-state index contributed by atoms with van der Waals surface area (Å²) < 4.78 is 5.11. The summed E-state index contributed by atoms with van der Waals surface area (Å²) in [5, 5.41) is 5.90. The Balaban J connectivity index is 1.56. The molecule has 5 amide bonds. The molecular weight excluding hydrogens is 428 g/mol. The average molecular weight is 454 g/mol. The number of rotatable bonds is 8. The minimum absolute atomic E-state index is 0.0905. The molecule has 1 fully saturated rings. The first kappa shape index (κ1) is 23.7. The number of nitrogens with one attached hydrogen (secondary N) is 3. The largest absolute Gasteiger partial charge is 0.497 e. The average Bonchev–Trinajstić information content (AvgIpc) is 2.97. The molecule has 11 nitrogen and oxygen atoms in total. The van der Waals surface area contributed by atoms with Gasteiger partial charge in [0.2, 0.25) is 5.91 Å². The lowest BCUT2D eigenvalue weighted by Gasteiger charge is -2.23. The number of amides is 5. The molecule has 1 aliphatic heterocycles. The van der Waals surface area contributed by atoms with Crippen molar-refractivity contribution in [3.63, 3.8) is 0 Å². The van der Waals surface area contributed by atoms with Gasteiger partial charge in [0.1, 0.15) is 17.1 Å². The summed E-state index contributed by atoms with van der Waals surface area (Å²) in [7, 11) is 3.09. The van der Waals surface area contributed by atoms with Crippen LogP contribution in [0.25, 0.3) is 0 Å². The van der Waals surface area contributed by atoms with Crippen molar-refractivity contribution < 1.29 is 23.9 Å². The Bertz CT molecular complexity index is 1070. The monoisotopic (exact) mass is 454 g/mol. The number of urea groups is 1. The van der Waals surface area contributed by atoms with Crippen LogP contribution in [0.2, 0.25) is 0 Å². The number of nitrogens with zero attached hydrogens (tertiary/aromatic N) is 3. The number of imide groups is 1. The lowest BCUT2D eigenvalue weighted by atomic mass is 9.92. The summed E-state index contributed by atoms with van der Waals surface area (Å²) >= 11 is 0. The number of anilines is 1. The van der Waals surface area contributed by atoms with E-state index in [4.69, 9.17) is 4.74 Å². The number of ether oxygens (including phenoxy) is 1. The number of likely N-dealkylation sites (N-methyl/N-ethyl adjacent to an activating group) is 1. The van der Waals surface area contributed by atoms with E-state index in [1.807, 2.05) is 13.0 Å². The predicted molar refractivity (Wildman–Crippen MR) is 119 cm³/mol. The first-order valence-corrected chi connectivity index (χ1v) is 10.1. The van der Waals surface area contributed by atoms with E-state index < -0.39 is 23.4 Å². The van der Waals surface area contributed by atoms with Crippen molar-refractivity contribution in [2.45, 2.75) is 19.4 Å². The van der Waals surface area contributed by atoms with Crippen molar-refractivity contribution in [1.29, 1.82) is 0 Å². The summed E-state index contributed by atoms with van der Waals surface area (Å²) in [6.45, 7) is 3.05. The van der Waals surface area contributed by atoms with Crippen LogP contribution in [0.4, 0.5) is 10.6 Å². The third kappa shape index (κ3) is 5.44. The molecule has 33 heavy (non-hydrogen) atoms. The van der Waals surface area contributed by atoms with Crippen LogP contribution in [0, 0.1) is 6.92 Å². The third-order valence-corrected chi connectivity index (χ3v) is 5.08. The number of pyridine rings is 1. The first-order chi connectivity index (χ1) is 15.6. The number of carbonyl (C=O) groups excluding carboxylic acids is 4. The van der Waals surface area contributed by atoms with E-state index in [0.29, 0.717) is 22.1 Å². The van der Waals surface area contributed by atoms with Gasteiger partial charge in [-0.25, -0.2) is 9.78 Å². The zero-order valence-electron chi connectivity index (χ0n) is 18.8. The first-order valence-electron chi connectivity index (χ1n) is 10.1. The molecule has 0 aliphatic carbocycles. The molecule has 174 valence electrons. The molecule has 2 heterocycles. The number of benzene rings is 1.